The molecule has 1 heterocycles. The first-order valence-electron chi connectivity index (χ1n) is 6.31. The van der Waals surface area contributed by atoms with Gasteiger partial charge in [-0.3, -0.25) is 4.79 Å². The van der Waals surface area contributed by atoms with Crippen LogP contribution in [0.5, 0.6) is 0 Å². The van der Waals surface area contributed by atoms with Crippen molar-refractivity contribution >= 4 is 11.6 Å². The lowest BCUT2D eigenvalue weighted by atomic mass is 10.1. The van der Waals surface area contributed by atoms with E-state index in [4.69, 9.17) is 0 Å². The standard InChI is InChI=1S/C13H16F3N3O/c1-8-2-3-9(13(14,15)16)6-10(8)19-12(20)11-7-17-4-5-18-11/h2-3,6,11,17-18H,4-5,7H2,1H3,(H,19,20). The number of alkyl halides is 3. The van der Waals surface area contributed by atoms with Crippen molar-refractivity contribution in [2.24, 2.45) is 0 Å². The molecule has 0 aliphatic carbocycles. The number of anilines is 1. The molecule has 1 atom stereocenters. The van der Waals surface area contributed by atoms with Crippen LogP contribution in [0.15, 0.2) is 18.2 Å². The number of carbonyl (C=O) groups is 1. The fourth-order valence-corrected chi connectivity index (χ4v) is 1.99. The molecule has 1 unspecified atom stereocenters. The number of aryl methyl sites for hydroxylation is 1. The summed E-state index contributed by atoms with van der Waals surface area (Å²) in [5, 5.41) is 8.61. The number of piperazine rings is 1. The van der Waals surface area contributed by atoms with Crippen LogP contribution in [-0.4, -0.2) is 31.6 Å². The average molecular weight is 287 g/mol. The quantitative estimate of drug-likeness (QED) is 0.773. The summed E-state index contributed by atoms with van der Waals surface area (Å²) in [6.07, 6.45) is -4.42. The summed E-state index contributed by atoms with van der Waals surface area (Å²) in [6.45, 7) is 3.54. The summed E-state index contributed by atoms with van der Waals surface area (Å²) >= 11 is 0. The van der Waals surface area contributed by atoms with Gasteiger partial charge in [0.05, 0.1) is 11.6 Å². The zero-order chi connectivity index (χ0) is 14.8. The Hall–Kier alpha value is -1.60. The zero-order valence-electron chi connectivity index (χ0n) is 11.0. The SMILES string of the molecule is Cc1ccc(C(F)(F)F)cc1NC(=O)C1CNCCN1. The fraction of sp³-hybridized carbons (Fsp3) is 0.462. The minimum Gasteiger partial charge on any atom is -0.324 e. The molecule has 110 valence electrons. The lowest BCUT2D eigenvalue weighted by Gasteiger charge is -2.24. The lowest BCUT2D eigenvalue weighted by molar-refractivity contribution is -0.137. The third-order valence-electron chi connectivity index (χ3n) is 3.18. The number of hydrogen-bond acceptors (Lipinski definition) is 3. The predicted molar refractivity (Wildman–Crippen MR) is 69.5 cm³/mol. The van der Waals surface area contributed by atoms with E-state index in [-0.39, 0.29) is 11.6 Å². The Labute approximate surface area is 114 Å². The van der Waals surface area contributed by atoms with E-state index in [0.29, 0.717) is 18.7 Å². The second-order valence-corrected chi connectivity index (χ2v) is 4.73. The van der Waals surface area contributed by atoms with Crippen LogP contribution in [0.2, 0.25) is 0 Å². The molecule has 20 heavy (non-hydrogen) atoms. The monoisotopic (exact) mass is 287 g/mol. The fourth-order valence-electron chi connectivity index (χ4n) is 1.99. The lowest BCUT2D eigenvalue weighted by Crippen LogP contribution is -2.54. The zero-order valence-corrected chi connectivity index (χ0v) is 11.0. The second kappa shape index (κ2) is 5.80. The molecule has 1 aliphatic heterocycles. The Kier molecular flexibility index (Phi) is 4.29. The van der Waals surface area contributed by atoms with Crippen molar-refractivity contribution in [3.8, 4) is 0 Å². The highest BCUT2D eigenvalue weighted by Crippen LogP contribution is 2.32. The first kappa shape index (κ1) is 14.8. The molecule has 3 N–H and O–H groups in total. The van der Waals surface area contributed by atoms with E-state index in [1.165, 1.54) is 6.07 Å². The highest BCUT2D eigenvalue weighted by atomic mass is 19.4. The van der Waals surface area contributed by atoms with Gasteiger partial charge in [-0.1, -0.05) is 6.07 Å². The first-order valence-corrected chi connectivity index (χ1v) is 6.31. The smallest absolute Gasteiger partial charge is 0.324 e. The molecule has 7 heteroatoms. The van der Waals surface area contributed by atoms with Gasteiger partial charge in [-0.05, 0) is 24.6 Å². The van der Waals surface area contributed by atoms with Gasteiger partial charge in [0.2, 0.25) is 5.91 Å². The van der Waals surface area contributed by atoms with Crippen LogP contribution < -0.4 is 16.0 Å². The van der Waals surface area contributed by atoms with Gasteiger partial charge in [-0.15, -0.1) is 0 Å². The van der Waals surface area contributed by atoms with Crippen LogP contribution in [0.1, 0.15) is 11.1 Å². The topological polar surface area (TPSA) is 53.2 Å². The van der Waals surface area contributed by atoms with E-state index in [2.05, 4.69) is 16.0 Å². The Morgan fingerprint density at radius 2 is 2.10 bits per heavy atom. The van der Waals surface area contributed by atoms with Gasteiger partial charge in [0, 0.05) is 25.3 Å². The third kappa shape index (κ3) is 3.49. The maximum Gasteiger partial charge on any atom is 0.416 e. The normalized spacial score (nSPS) is 19.7. The minimum atomic E-state index is -4.42. The molecule has 2 rings (SSSR count). The van der Waals surface area contributed by atoms with Gasteiger partial charge in [-0.25, -0.2) is 0 Å². The molecule has 1 saturated heterocycles. The summed E-state index contributed by atoms with van der Waals surface area (Å²) in [5.41, 5.74) is 0.0143. The maximum absolute atomic E-state index is 12.7. The molecule has 0 radical (unpaired) electrons. The molecule has 1 fully saturated rings. The molecule has 1 amide bonds. The van der Waals surface area contributed by atoms with Crippen molar-refractivity contribution in [3.63, 3.8) is 0 Å². The highest BCUT2D eigenvalue weighted by molar-refractivity contribution is 5.95. The third-order valence-corrected chi connectivity index (χ3v) is 3.18. The van der Waals surface area contributed by atoms with Gasteiger partial charge in [0.1, 0.15) is 0 Å². The largest absolute Gasteiger partial charge is 0.416 e. The van der Waals surface area contributed by atoms with E-state index < -0.39 is 17.8 Å². The molecule has 0 spiro atoms. The number of benzene rings is 1. The summed E-state index contributed by atoms with van der Waals surface area (Å²) in [6, 6.07) is 2.89. The van der Waals surface area contributed by atoms with Crippen molar-refractivity contribution in [1.82, 2.24) is 10.6 Å². The molecule has 0 bridgehead atoms. The first-order chi connectivity index (χ1) is 9.38. The van der Waals surface area contributed by atoms with Crippen molar-refractivity contribution in [2.45, 2.75) is 19.1 Å². The maximum atomic E-state index is 12.7. The second-order valence-electron chi connectivity index (χ2n) is 4.73. The van der Waals surface area contributed by atoms with Crippen LogP contribution in [0.3, 0.4) is 0 Å². The van der Waals surface area contributed by atoms with Crippen LogP contribution in [0, 0.1) is 6.92 Å². The van der Waals surface area contributed by atoms with E-state index >= 15 is 0 Å². The number of carbonyl (C=O) groups excluding carboxylic acids is 1. The van der Waals surface area contributed by atoms with Gasteiger partial charge >= 0.3 is 6.18 Å². The van der Waals surface area contributed by atoms with E-state index in [1.807, 2.05) is 0 Å². The number of hydrogen-bond donors (Lipinski definition) is 3. The Bertz CT molecular complexity index is 496. The molecule has 4 nitrogen and oxygen atoms in total. The molecule has 1 aliphatic rings. The average Bonchev–Trinajstić information content (AvgIpc) is 2.41. The van der Waals surface area contributed by atoms with Crippen LogP contribution in [0.25, 0.3) is 0 Å². The van der Waals surface area contributed by atoms with E-state index in [0.717, 1.165) is 18.7 Å². The Morgan fingerprint density at radius 1 is 1.35 bits per heavy atom. The number of rotatable bonds is 2. The van der Waals surface area contributed by atoms with Gasteiger partial charge < -0.3 is 16.0 Å². The Morgan fingerprint density at radius 3 is 2.70 bits per heavy atom. The van der Waals surface area contributed by atoms with Gasteiger partial charge in [0.25, 0.3) is 0 Å². The van der Waals surface area contributed by atoms with E-state index in [9.17, 15) is 18.0 Å². The summed E-state index contributed by atoms with van der Waals surface area (Å²) in [4.78, 5) is 12.0. The van der Waals surface area contributed by atoms with Crippen molar-refractivity contribution in [2.75, 3.05) is 25.0 Å². The predicted octanol–water partition coefficient (Wildman–Crippen LogP) is 1.51. The Balaban J connectivity index is 2.13. The van der Waals surface area contributed by atoms with Crippen LogP contribution in [-0.2, 0) is 11.0 Å². The van der Waals surface area contributed by atoms with Crippen molar-refractivity contribution < 1.29 is 18.0 Å². The van der Waals surface area contributed by atoms with Crippen LogP contribution in [0.4, 0.5) is 18.9 Å². The highest BCUT2D eigenvalue weighted by Gasteiger charge is 2.31. The molecular weight excluding hydrogens is 271 g/mol. The van der Waals surface area contributed by atoms with E-state index in [1.54, 1.807) is 6.92 Å². The van der Waals surface area contributed by atoms with Crippen molar-refractivity contribution in [3.05, 3.63) is 29.3 Å². The number of halogens is 3. The van der Waals surface area contributed by atoms with Gasteiger partial charge in [0.15, 0.2) is 0 Å². The molecule has 0 aromatic heterocycles. The number of amides is 1. The minimum absolute atomic E-state index is 0.192. The summed E-state index contributed by atoms with van der Waals surface area (Å²) < 4.78 is 38.0. The summed E-state index contributed by atoms with van der Waals surface area (Å²) in [7, 11) is 0. The molecule has 0 saturated carbocycles. The molecule has 1 aromatic carbocycles. The molecule has 1 aromatic rings. The van der Waals surface area contributed by atoms with Gasteiger partial charge in [-0.2, -0.15) is 13.2 Å². The van der Waals surface area contributed by atoms with Crippen molar-refractivity contribution in [1.29, 1.82) is 0 Å². The number of nitrogens with one attached hydrogen (secondary N) is 3. The molecular formula is C13H16F3N3O. The van der Waals surface area contributed by atoms with Crippen LogP contribution >= 0.6 is 0 Å². The summed E-state index contributed by atoms with van der Waals surface area (Å²) in [5.74, 6) is -0.334.